The number of benzene rings is 3. The van der Waals surface area contributed by atoms with Crippen LogP contribution in [0.3, 0.4) is 0 Å². The van der Waals surface area contributed by atoms with Gasteiger partial charge in [-0.3, -0.25) is 4.79 Å². The van der Waals surface area contributed by atoms with Crippen LogP contribution in [0.25, 0.3) is 33.6 Å². The van der Waals surface area contributed by atoms with Crippen LogP contribution >= 0.6 is 0 Å². The summed E-state index contributed by atoms with van der Waals surface area (Å²) in [5.74, 6) is 2.23. The van der Waals surface area contributed by atoms with E-state index in [0.29, 0.717) is 23.1 Å². The highest BCUT2D eigenvalue weighted by Gasteiger charge is 2.20. The van der Waals surface area contributed by atoms with E-state index in [9.17, 15) is 4.79 Å². The number of rotatable bonds is 6. The Morgan fingerprint density at radius 3 is 2.39 bits per heavy atom. The van der Waals surface area contributed by atoms with Gasteiger partial charge in [-0.2, -0.15) is 4.98 Å². The topological polar surface area (TPSA) is 103 Å². The fraction of sp³-hybridized carbons (Fsp3) is 0.214. The van der Waals surface area contributed by atoms with Crippen molar-refractivity contribution in [3.05, 3.63) is 78.2 Å². The second-order valence-electron chi connectivity index (χ2n) is 9.52. The van der Waals surface area contributed by atoms with Gasteiger partial charge in [0, 0.05) is 33.7 Å². The molecule has 0 radical (unpaired) electrons. The number of hydrogen-bond donors (Lipinski definition) is 1. The van der Waals surface area contributed by atoms with E-state index in [4.69, 9.17) is 13.8 Å². The molecule has 8 heteroatoms. The van der Waals surface area contributed by atoms with Crippen molar-refractivity contribution in [3.63, 3.8) is 0 Å². The van der Waals surface area contributed by atoms with Gasteiger partial charge < -0.3 is 19.1 Å². The number of nitrogens with zero attached hydrogens (tertiary/aromatic N) is 3. The fourth-order valence-electron chi connectivity index (χ4n) is 3.91. The SMILES string of the molecule is COc1ccc(-c2noc(-c3ccc(NC(=O)Cc4cc(C(C)(C)C)on4)cc3)n2)c2ccccc12. The number of carbonyl (C=O) groups is 1. The number of fused-ring (bicyclic) bond motifs is 1. The molecule has 0 saturated carbocycles. The Morgan fingerprint density at radius 1 is 0.944 bits per heavy atom. The summed E-state index contributed by atoms with van der Waals surface area (Å²) in [7, 11) is 1.65. The molecule has 8 nitrogen and oxygen atoms in total. The lowest BCUT2D eigenvalue weighted by Gasteiger charge is -2.12. The van der Waals surface area contributed by atoms with Crippen LogP contribution < -0.4 is 10.1 Å². The minimum Gasteiger partial charge on any atom is -0.496 e. The van der Waals surface area contributed by atoms with Crippen LogP contribution in [0.1, 0.15) is 32.2 Å². The number of ether oxygens (including phenoxy) is 1. The Kier molecular flexibility index (Phi) is 6.01. The van der Waals surface area contributed by atoms with Crippen LogP contribution in [0.5, 0.6) is 5.75 Å². The highest BCUT2D eigenvalue weighted by atomic mass is 16.5. The van der Waals surface area contributed by atoms with Gasteiger partial charge in [0.2, 0.25) is 11.7 Å². The van der Waals surface area contributed by atoms with Crippen LogP contribution in [0.15, 0.2) is 75.8 Å². The number of methoxy groups -OCH3 is 1. The summed E-state index contributed by atoms with van der Waals surface area (Å²) >= 11 is 0. The first-order chi connectivity index (χ1) is 17.3. The van der Waals surface area contributed by atoms with Gasteiger partial charge in [0.1, 0.15) is 11.5 Å². The quantitative estimate of drug-likeness (QED) is 0.315. The number of carbonyl (C=O) groups excluding carboxylic acids is 1. The van der Waals surface area contributed by atoms with E-state index < -0.39 is 0 Å². The average molecular weight is 483 g/mol. The molecule has 0 aliphatic carbocycles. The summed E-state index contributed by atoms with van der Waals surface area (Å²) < 4.78 is 16.4. The minimum atomic E-state index is -0.178. The van der Waals surface area contributed by atoms with Gasteiger partial charge in [0.25, 0.3) is 5.89 Å². The second-order valence-corrected chi connectivity index (χ2v) is 9.52. The summed E-state index contributed by atoms with van der Waals surface area (Å²) in [5, 5.41) is 13.0. The van der Waals surface area contributed by atoms with Crippen molar-refractivity contribution in [2.75, 3.05) is 12.4 Å². The van der Waals surface area contributed by atoms with E-state index >= 15 is 0 Å². The molecule has 0 unspecified atom stereocenters. The normalized spacial score (nSPS) is 11.6. The van der Waals surface area contributed by atoms with E-state index in [1.165, 1.54) is 0 Å². The van der Waals surface area contributed by atoms with Gasteiger partial charge in [0.05, 0.1) is 19.2 Å². The van der Waals surface area contributed by atoms with Crippen molar-refractivity contribution in [1.82, 2.24) is 15.3 Å². The van der Waals surface area contributed by atoms with Gasteiger partial charge in [0.15, 0.2) is 0 Å². The molecular formula is C28H26N4O4. The molecule has 0 aliphatic rings. The summed E-state index contributed by atoms with van der Waals surface area (Å²) in [4.78, 5) is 17.1. The zero-order valence-corrected chi connectivity index (χ0v) is 20.5. The monoisotopic (exact) mass is 482 g/mol. The molecule has 36 heavy (non-hydrogen) atoms. The molecule has 5 aromatic rings. The standard InChI is InChI=1S/C28H26N4O4/c1-28(2,3)24-15-19(31-35-24)16-25(33)29-18-11-9-17(10-12-18)27-30-26(32-36-27)22-13-14-23(34-4)21-8-6-5-7-20(21)22/h5-15H,16H2,1-4H3,(H,29,33). The minimum absolute atomic E-state index is 0.129. The first-order valence-corrected chi connectivity index (χ1v) is 11.6. The molecular weight excluding hydrogens is 456 g/mol. The van der Waals surface area contributed by atoms with Crippen LogP contribution in [0.4, 0.5) is 5.69 Å². The smallest absolute Gasteiger partial charge is 0.258 e. The van der Waals surface area contributed by atoms with Gasteiger partial charge in [-0.25, -0.2) is 0 Å². The molecule has 182 valence electrons. The van der Waals surface area contributed by atoms with Crippen molar-refractivity contribution in [3.8, 4) is 28.6 Å². The van der Waals surface area contributed by atoms with Gasteiger partial charge in [-0.1, -0.05) is 55.4 Å². The fourth-order valence-corrected chi connectivity index (χ4v) is 3.91. The van der Waals surface area contributed by atoms with E-state index in [2.05, 4.69) is 20.6 Å². The highest BCUT2D eigenvalue weighted by molar-refractivity contribution is 5.99. The summed E-state index contributed by atoms with van der Waals surface area (Å²) in [6, 6.07) is 20.8. The predicted octanol–water partition coefficient (Wildman–Crippen LogP) is 6.03. The van der Waals surface area contributed by atoms with E-state index in [-0.39, 0.29) is 17.7 Å². The van der Waals surface area contributed by atoms with Crippen LogP contribution in [-0.4, -0.2) is 28.3 Å². The Morgan fingerprint density at radius 2 is 1.69 bits per heavy atom. The summed E-state index contributed by atoms with van der Waals surface area (Å²) in [5.41, 5.74) is 2.69. The second kappa shape index (κ2) is 9.30. The number of hydrogen-bond acceptors (Lipinski definition) is 7. The summed E-state index contributed by atoms with van der Waals surface area (Å²) in [6.07, 6.45) is 0.129. The number of anilines is 1. The largest absolute Gasteiger partial charge is 0.496 e. The van der Waals surface area contributed by atoms with Crippen LogP contribution in [-0.2, 0) is 16.6 Å². The Bertz CT molecular complexity index is 1530. The Balaban J connectivity index is 1.30. The first-order valence-electron chi connectivity index (χ1n) is 11.6. The lowest BCUT2D eigenvalue weighted by molar-refractivity contribution is -0.115. The average Bonchev–Trinajstić information content (AvgIpc) is 3.54. The van der Waals surface area contributed by atoms with Gasteiger partial charge in [-0.15, -0.1) is 0 Å². The zero-order chi connectivity index (χ0) is 25.3. The van der Waals surface area contributed by atoms with Crippen molar-refractivity contribution in [1.29, 1.82) is 0 Å². The maximum Gasteiger partial charge on any atom is 0.258 e. The zero-order valence-electron chi connectivity index (χ0n) is 20.5. The van der Waals surface area contributed by atoms with Crippen molar-refractivity contribution in [2.24, 2.45) is 0 Å². The molecule has 1 N–H and O–H groups in total. The Labute approximate surface area is 208 Å². The number of amides is 1. The van der Waals surface area contributed by atoms with E-state index in [1.54, 1.807) is 19.2 Å². The van der Waals surface area contributed by atoms with E-state index in [1.807, 2.05) is 75.4 Å². The molecule has 0 atom stereocenters. The molecule has 0 fully saturated rings. The molecule has 2 heterocycles. The van der Waals surface area contributed by atoms with Crippen molar-refractivity contribution in [2.45, 2.75) is 32.6 Å². The highest BCUT2D eigenvalue weighted by Crippen LogP contribution is 2.34. The first kappa shape index (κ1) is 23.3. The lowest BCUT2D eigenvalue weighted by Crippen LogP contribution is -2.14. The maximum atomic E-state index is 12.5. The molecule has 0 aliphatic heterocycles. The Hall–Kier alpha value is -4.46. The van der Waals surface area contributed by atoms with Crippen molar-refractivity contribution < 1.29 is 18.6 Å². The van der Waals surface area contributed by atoms with Gasteiger partial charge in [-0.05, 0) is 41.8 Å². The predicted molar refractivity (Wildman–Crippen MR) is 137 cm³/mol. The molecule has 2 aromatic heterocycles. The summed E-state index contributed by atoms with van der Waals surface area (Å²) in [6.45, 7) is 6.10. The van der Waals surface area contributed by atoms with Crippen LogP contribution in [0.2, 0.25) is 0 Å². The van der Waals surface area contributed by atoms with E-state index in [0.717, 1.165) is 33.4 Å². The third-order valence-electron chi connectivity index (χ3n) is 5.83. The maximum absolute atomic E-state index is 12.5. The van der Waals surface area contributed by atoms with Crippen LogP contribution in [0, 0.1) is 0 Å². The molecule has 3 aromatic carbocycles. The lowest BCUT2D eigenvalue weighted by atomic mass is 9.93. The molecule has 5 rings (SSSR count). The molecule has 0 bridgehead atoms. The third-order valence-corrected chi connectivity index (χ3v) is 5.83. The molecule has 0 saturated heterocycles. The van der Waals surface area contributed by atoms with Crippen molar-refractivity contribution >= 4 is 22.4 Å². The number of nitrogens with one attached hydrogen (secondary N) is 1. The third kappa shape index (κ3) is 4.70. The number of aromatic nitrogens is 3. The molecule has 0 spiro atoms. The van der Waals surface area contributed by atoms with Gasteiger partial charge >= 0.3 is 0 Å². The molecule has 1 amide bonds.